The van der Waals surface area contributed by atoms with E-state index in [1.165, 1.54) is 17.5 Å². The van der Waals surface area contributed by atoms with E-state index in [4.69, 9.17) is 4.43 Å². The minimum atomic E-state index is -1.77. The molecule has 0 aliphatic carbocycles. The molecule has 2 aromatic carbocycles. The van der Waals surface area contributed by atoms with E-state index in [0.29, 0.717) is 6.04 Å². The van der Waals surface area contributed by atoms with Crippen molar-refractivity contribution >= 4 is 8.32 Å². The summed E-state index contributed by atoms with van der Waals surface area (Å²) >= 11 is 0. The lowest BCUT2D eigenvalue weighted by Gasteiger charge is -2.44. The smallest absolute Gasteiger partial charge is 0.185 e. The van der Waals surface area contributed by atoms with Gasteiger partial charge < -0.3 is 9.74 Å². The van der Waals surface area contributed by atoms with Crippen molar-refractivity contribution in [3.05, 3.63) is 71.8 Å². The van der Waals surface area contributed by atoms with Crippen LogP contribution in [0.2, 0.25) is 19.6 Å². The fourth-order valence-electron chi connectivity index (χ4n) is 3.64. The van der Waals surface area contributed by atoms with Crippen LogP contribution in [0.15, 0.2) is 60.7 Å². The van der Waals surface area contributed by atoms with E-state index in [-0.39, 0.29) is 0 Å². The van der Waals surface area contributed by atoms with Crippen molar-refractivity contribution in [1.29, 1.82) is 0 Å². The van der Waals surface area contributed by atoms with E-state index in [2.05, 4.69) is 85.6 Å². The fourth-order valence-corrected chi connectivity index (χ4v) is 4.99. The van der Waals surface area contributed by atoms with E-state index in [0.717, 1.165) is 13.0 Å². The lowest BCUT2D eigenvalue weighted by atomic mass is 9.79. The minimum absolute atomic E-state index is 0.319. The van der Waals surface area contributed by atoms with Crippen LogP contribution in [0.5, 0.6) is 0 Å². The van der Waals surface area contributed by atoms with Gasteiger partial charge in [-0.1, -0.05) is 60.7 Å². The Morgan fingerprint density at radius 3 is 1.83 bits per heavy atom. The zero-order valence-electron chi connectivity index (χ0n) is 14.4. The fraction of sp³-hybridized carbons (Fsp3) is 0.400. The van der Waals surface area contributed by atoms with Crippen LogP contribution in [0.25, 0.3) is 0 Å². The first-order valence-electron chi connectivity index (χ1n) is 8.57. The number of rotatable bonds is 5. The van der Waals surface area contributed by atoms with Crippen molar-refractivity contribution in [3.8, 4) is 0 Å². The third-order valence-corrected chi connectivity index (χ3v) is 5.36. The van der Waals surface area contributed by atoms with E-state index in [1.807, 2.05) is 0 Å². The third kappa shape index (κ3) is 3.42. The van der Waals surface area contributed by atoms with E-state index in [1.54, 1.807) is 0 Å². The Labute approximate surface area is 141 Å². The van der Waals surface area contributed by atoms with Gasteiger partial charge in [-0.05, 0) is 50.2 Å². The molecule has 2 aromatic rings. The molecule has 0 aromatic heterocycles. The minimum Gasteiger partial charge on any atom is -0.403 e. The van der Waals surface area contributed by atoms with Gasteiger partial charge in [0.1, 0.15) is 5.60 Å². The maximum atomic E-state index is 6.96. The highest BCUT2D eigenvalue weighted by atomic mass is 28.4. The van der Waals surface area contributed by atoms with E-state index < -0.39 is 13.9 Å². The van der Waals surface area contributed by atoms with E-state index >= 15 is 0 Å². The maximum absolute atomic E-state index is 6.96. The lowest BCUT2D eigenvalue weighted by Crippen LogP contribution is -2.53. The summed E-state index contributed by atoms with van der Waals surface area (Å²) in [4.78, 5) is 0. The van der Waals surface area contributed by atoms with Gasteiger partial charge in [0, 0.05) is 6.04 Å². The Hall–Kier alpha value is -1.42. The van der Waals surface area contributed by atoms with Gasteiger partial charge >= 0.3 is 0 Å². The Balaban J connectivity index is 2.20. The molecule has 1 fully saturated rings. The van der Waals surface area contributed by atoms with Crippen molar-refractivity contribution in [2.45, 2.75) is 44.1 Å². The highest BCUT2D eigenvalue weighted by Crippen LogP contribution is 2.42. The van der Waals surface area contributed by atoms with Crippen molar-refractivity contribution in [3.63, 3.8) is 0 Å². The average Bonchev–Trinajstić information content (AvgIpc) is 3.08. The zero-order chi connectivity index (χ0) is 16.3. The Morgan fingerprint density at radius 2 is 1.43 bits per heavy atom. The summed E-state index contributed by atoms with van der Waals surface area (Å²) in [7, 11) is -1.77. The molecule has 3 heteroatoms. The largest absolute Gasteiger partial charge is 0.403 e. The van der Waals surface area contributed by atoms with E-state index in [9.17, 15) is 0 Å². The summed E-state index contributed by atoms with van der Waals surface area (Å²) in [6, 6.07) is 21.8. The van der Waals surface area contributed by atoms with Gasteiger partial charge in [0.05, 0.1) is 0 Å². The Morgan fingerprint density at radius 1 is 0.913 bits per heavy atom. The molecule has 1 heterocycles. The second-order valence-electron chi connectivity index (χ2n) is 7.33. The van der Waals surface area contributed by atoms with Crippen LogP contribution >= 0.6 is 0 Å². The van der Waals surface area contributed by atoms with Gasteiger partial charge in [0.15, 0.2) is 8.32 Å². The molecule has 0 unspecified atom stereocenters. The van der Waals surface area contributed by atoms with Gasteiger partial charge in [0.2, 0.25) is 0 Å². The highest BCUT2D eigenvalue weighted by molar-refractivity contribution is 6.69. The number of hydrogen-bond donors (Lipinski definition) is 1. The predicted octanol–water partition coefficient (Wildman–Crippen LogP) is 4.53. The lowest BCUT2D eigenvalue weighted by molar-refractivity contribution is 0.0639. The van der Waals surface area contributed by atoms with Crippen LogP contribution in [-0.2, 0) is 10.0 Å². The Kier molecular flexibility index (Phi) is 4.71. The van der Waals surface area contributed by atoms with Gasteiger partial charge in [-0.15, -0.1) is 0 Å². The molecular formula is C20H27NOSi. The van der Waals surface area contributed by atoms with Crippen LogP contribution in [-0.4, -0.2) is 20.9 Å². The molecule has 1 atom stereocenters. The first-order chi connectivity index (χ1) is 11.0. The number of benzene rings is 2. The molecule has 1 saturated heterocycles. The van der Waals surface area contributed by atoms with Crippen LogP contribution in [0, 0.1) is 0 Å². The standard InChI is InChI=1S/C20H27NOSi/c1-23(2,3)22-20(19-15-10-16-21-19,17-11-6-4-7-12-17)18-13-8-5-9-14-18/h4-9,11-14,19,21H,10,15-16H2,1-3H3/t19-/m1/s1. The quantitative estimate of drug-likeness (QED) is 0.815. The average molecular weight is 326 g/mol. The molecule has 0 radical (unpaired) electrons. The maximum Gasteiger partial charge on any atom is 0.185 e. The van der Waals surface area contributed by atoms with Crippen molar-refractivity contribution in [2.75, 3.05) is 6.54 Å². The first kappa shape index (κ1) is 16.4. The van der Waals surface area contributed by atoms with Crippen LogP contribution in [0.4, 0.5) is 0 Å². The van der Waals surface area contributed by atoms with Crippen molar-refractivity contribution in [2.24, 2.45) is 0 Å². The van der Waals surface area contributed by atoms with Gasteiger partial charge in [0.25, 0.3) is 0 Å². The summed E-state index contributed by atoms with van der Waals surface area (Å²) in [5.74, 6) is 0. The summed E-state index contributed by atoms with van der Waals surface area (Å²) in [6.45, 7) is 7.91. The van der Waals surface area contributed by atoms with Gasteiger partial charge in [-0.3, -0.25) is 0 Å². The third-order valence-electron chi connectivity index (χ3n) is 4.42. The summed E-state index contributed by atoms with van der Waals surface area (Å²) in [5.41, 5.74) is 2.12. The van der Waals surface area contributed by atoms with Crippen LogP contribution in [0.3, 0.4) is 0 Å². The topological polar surface area (TPSA) is 21.3 Å². The molecule has 0 saturated carbocycles. The monoisotopic (exact) mass is 325 g/mol. The summed E-state index contributed by atoms with van der Waals surface area (Å²) < 4.78 is 6.96. The molecule has 2 nitrogen and oxygen atoms in total. The summed E-state index contributed by atoms with van der Waals surface area (Å²) in [6.07, 6.45) is 2.36. The van der Waals surface area contributed by atoms with Crippen LogP contribution < -0.4 is 5.32 Å². The second kappa shape index (κ2) is 6.60. The van der Waals surface area contributed by atoms with Gasteiger partial charge in [-0.2, -0.15) is 0 Å². The molecule has 0 amide bonds. The van der Waals surface area contributed by atoms with Crippen molar-refractivity contribution < 1.29 is 4.43 Å². The molecule has 0 bridgehead atoms. The number of nitrogens with one attached hydrogen (secondary N) is 1. The zero-order valence-corrected chi connectivity index (χ0v) is 15.4. The van der Waals surface area contributed by atoms with Crippen molar-refractivity contribution in [1.82, 2.24) is 5.32 Å². The molecule has 1 aliphatic heterocycles. The normalized spacial score (nSPS) is 19.0. The first-order valence-corrected chi connectivity index (χ1v) is 12.0. The summed E-state index contributed by atoms with van der Waals surface area (Å²) in [5, 5.41) is 3.71. The molecule has 23 heavy (non-hydrogen) atoms. The molecular weight excluding hydrogens is 298 g/mol. The predicted molar refractivity (Wildman–Crippen MR) is 99.1 cm³/mol. The van der Waals surface area contributed by atoms with Crippen LogP contribution in [0.1, 0.15) is 24.0 Å². The molecule has 1 aliphatic rings. The Bertz CT molecular complexity index is 576. The number of hydrogen-bond acceptors (Lipinski definition) is 2. The highest BCUT2D eigenvalue weighted by Gasteiger charge is 2.46. The molecule has 3 rings (SSSR count). The SMILES string of the molecule is C[Si](C)(C)OC(c1ccccc1)(c1ccccc1)[C@H]1CCCN1. The van der Waals surface area contributed by atoms with Gasteiger partial charge in [-0.25, -0.2) is 0 Å². The molecule has 122 valence electrons. The second-order valence-corrected chi connectivity index (χ2v) is 11.8. The molecule has 1 N–H and O–H groups in total. The molecule has 0 spiro atoms.